The molecule has 0 saturated heterocycles. The summed E-state index contributed by atoms with van der Waals surface area (Å²) in [5.41, 5.74) is 6.65. The van der Waals surface area contributed by atoms with Gasteiger partial charge in [0, 0.05) is 6.42 Å². The van der Waals surface area contributed by atoms with Gasteiger partial charge in [0.25, 0.3) is 0 Å². The number of carbonyl (C=O) groups is 6. The summed E-state index contributed by atoms with van der Waals surface area (Å²) < 4.78 is 0. The molecule has 204 valence electrons. The smallest absolute Gasteiger partial charge is 0.326 e. The first-order chi connectivity index (χ1) is 17.3. The fourth-order valence-electron chi connectivity index (χ4n) is 3.37. The lowest BCUT2D eigenvalue weighted by Gasteiger charge is -2.26. The van der Waals surface area contributed by atoms with Crippen molar-refractivity contribution in [2.75, 3.05) is 0 Å². The first-order valence-electron chi connectivity index (χ1n) is 11.7. The molecule has 5 atom stereocenters. The van der Waals surface area contributed by atoms with Crippen LogP contribution in [-0.4, -0.2) is 75.1 Å². The number of hydrogen-bond donors (Lipinski definition) is 7. The van der Waals surface area contributed by atoms with Crippen LogP contribution in [0.15, 0.2) is 30.3 Å². The van der Waals surface area contributed by atoms with Crippen molar-refractivity contribution in [3.8, 4) is 0 Å². The zero-order valence-electron chi connectivity index (χ0n) is 20.7. The van der Waals surface area contributed by atoms with E-state index in [4.69, 9.17) is 10.8 Å². The third kappa shape index (κ3) is 11.1. The van der Waals surface area contributed by atoms with Crippen LogP contribution >= 0.6 is 0 Å². The SMILES string of the molecule is CCC(C)C(NC(=O)C(CCC(=O)O)NC(=O)C(CC(=O)O)NC(=O)C(N)Cc1ccccc1)C(=O)O. The Morgan fingerprint density at radius 1 is 0.838 bits per heavy atom. The molecule has 0 aromatic heterocycles. The quantitative estimate of drug-likeness (QED) is 0.147. The highest BCUT2D eigenvalue weighted by Crippen LogP contribution is 2.10. The molecule has 0 radical (unpaired) electrons. The fourth-order valence-corrected chi connectivity index (χ4v) is 3.37. The molecule has 0 heterocycles. The Bertz CT molecular complexity index is 970. The summed E-state index contributed by atoms with van der Waals surface area (Å²) in [5.74, 6) is -7.30. The van der Waals surface area contributed by atoms with Gasteiger partial charge in [-0.05, 0) is 24.3 Å². The van der Waals surface area contributed by atoms with E-state index in [1.54, 1.807) is 44.2 Å². The maximum absolute atomic E-state index is 12.9. The molecular weight excluding hydrogens is 488 g/mol. The Morgan fingerprint density at radius 2 is 1.41 bits per heavy atom. The van der Waals surface area contributed by atoms with Crippen LogP contribution in [0.5, 0.6) is 0 Å². The summed E-state index contributed by atoms with van der Waals surface area (Å²) in [6, 6.07) is 3.22. The van der Waals surface area contributed by atoms with Gasteiger partial charge < -0.3 is 37.0 Å². The highest BCUT2D eigenvalue weighted by molar-refractivity contribution is 5.95. The van der Waals surface area contributed by atoms with Crippen molar-refractivity contribution in [3.05, 3.63) is 35.9 Å². The van der Waals surface area contributed by atoms with E-state index < -0.39 is 85.0 Å². The second-order valence-electron chi connectivity index (χ2n) is 8.66. The minimum Gasteiger partial charge on any atom is -0.481 e. The Labute approximate surface area is 213 Å². The summed E-state index contributed by atoms with van der Waals surface area (Å²) in [5, 5.41) is 34.5. The number of rotatable bonds is 16. The molecule has 1 aromatic rings. The van der Waals surface area contributed by atoms with Crippen LogP contribution < -0.4 is 21.7 Å². The van der Waals surface area contributed by atoms with Gasteiger partial charge in [-0.15, -0.1) is 0 Å². The summed E-state index contributed by atoms with van der Waals surface area (Å²) in [6.45, 7) is 3.32. The van der Waals surface area contributed by atoms with Crippen LogP contribution in [0, 0.1) is 5.92 Å². The van der Waals surface area contributed by atoms with E-state index in [-0.39, 0.29) is 6.42 Å². The standard InChI is InChI=1S/C24H34N4O9/c1-3-13(2)20(24(36)37)28-22(34)16(9-10-18(29)30)26-23(35)17(12-19(31)32)27-21(33)15(25)11-14-7-5-4-6-8-14/h4-8,13,15-17,20H,3,9-12,25H2,1-2H3,(H,26,35)(H,27,33)(H,28,34)(H,29,30)(H,31,32)(H,36,37). The number of benzene rings is 1. The predicted molar refractivity (Wildman–Crippen MR) is 130 cm³/mol. The van der Waals surface area contributed by atoms with Gasteiger partial charge in [-0.1, -0.05) is 50.6 Å². The summed E-state index contributed by atoms with van der Waals surface area (Å²) in [7, 11) is 0. The van der Waals surface area contributed by atoms with Crippen molar-refractivity contribution in [2.24, 2.45) is 11.7 Å². The minimum atomic E-state index is -1.63. The van der Waals surface area contributed by atoms with E-state index in [0.29, 0.717) is 6.42 Å². The third-order valence-corrected chi connectivity index (χ3v) is 5.70. The van der Waals surface area contributed by atoms with Crippen molar-refractivity contribution in [3.63, 3.8) is 0 Å². The highest BCUT2D eigenvalue weighted by Gasteiger charge is 2.33. The molecule has 1 rings (SSSR count). The van der Waals surface area contributed by atoms with E-state index in [2.05, 4.69) is 16.0 Å². The average Bonchev–Trinajstić information content (AvgIpc) is 2.83. The normalized spacial score (nSPS) is 14.8. The maximum atomic E-state index is 12.9. The van der Waals surface area contributed by atoms with E-state index >= 15 is 0 Å². The lowest BCUT2D eigenvalue weighted by Crippen LogP contribution is -2.58. The van der Waals surface area contributed by atoms with Crippen LogP contribution in [0.2, 0.25) is 0 Å². The Balaban J connectivity index is 3.02. The number of carbonyl (C=O) groups excluding carboxylic acids is 3. The van der Waals surface area contributed by atoms with Gasteiger partial charge in [0.1, 0.15) is 18.1 Å². The van der Waals surface area contributed by atoms with Gasteiger partial charge in [-0.25, -0.2) is 4.79 Å². The number of nitrogens with one attached hydrogen (secondary N) is 3. The van der Waals surface area contributed by atoms with Crippen molar-refractivity contribution >= 4 is 35.6 Å². The van der Waals surface area contributed by atoms with Gasteiger partial charge >= 0.3 is 17.9 Å². The van der Waals surface area contributed by atoms with Gasteiger partial charge in [-0.2, -0.15) is 0 Å². The fraction of sp³-hybridized carbons (Fsp3) is 0.500. The molecule has 1 aromatic carbocycles. The molecule has 8 N–H and O–H groups in total. The van der Waals surface area contributed by atoms with Gasteiger partial charge in [-0.3, -0.25) is 24.0 Å². The Morgan fingerprint density at radius 3 is 1.92 bits per heavy atom. The van der Waals surface area contributed by atoms with Gasteiger partial charge in [0.2, 0.25) is 17.7 Å². The second-order valence-corrected chi connectivity index (χ2v) is 8.66. The summed E-state index contributed by atoms with van der Waals surface area (Å²) in [4.78, 5) is 72.2. The number of carboxylic acid groups (broad SMARTS) is 3. The molecule has 0 fully saturated rings. The topological polar surface area (TPSA) is 225 Å². The maximum Gasteiger partial charge on any atom is 0.326 e. The van der Waals surface area contributed by atoms with Crippen molar-refractivity contribution in [1.82, 2.24) is 16.0 Å². The number of nitrogens with two attached hydrogens (primary N) is 1. The van der Waals surface area contributed by atoms with Gasteiger partial charge in [0.15, 0.2) is 0 Å². The molecule has 13 heteroatoms. The Hall–Kier alpha value is -4.00. The minimum absolute atomic E-state index is 0.115. The molecule has 13 nitrogen and oxygen atoms in total. The molecule has 3 amide bonds. The van der Waals surface area contributed by atoms with Crippen LogP contribution in [0.3, 0.4) is 0 Å². The van der Waals surface area contributed by atoms with Crippen LogP contribution in [-0.2, 0) is 35.2 Å². The first-order valence-corrected chi connectivity index (χ1v) is 11.7. The lowest BCUT2D eigenvalue weighted by molar-refractivity contribution is -0.144. The molecule has 0 bridgehead atoms. The van der Waals surface area contributed by atoms with Crippen LogP contribution in [0.25, 0.3) is 0 Å². The predicted octanol–water partition coefficient (Wildman–Crippen LogP) is -0.519. The Kier molecular flexibility index (Phi) is 12.7. The number of amides is 3. The van der Waals surface area contributed by atoms with Crippen LogP contribution in [0.1, 0.15) is 45.1 Å². The third-order valence-electron chi connectivity index (χ3n) is 5.70. The first kappa shape index (κ1) is 31.0. The van der Waals surface area contributed by atoms with Crippen molar-refractivity contribution in [2.45, 2.75) is 70.1 Å². The zero-order valence-corrected chi connectivity index (χ0v) is 20.7. The van der Waals surface area contributed by atoms with E-state index in [0.717, 1.165) is 5.56 Å². The monoisotopic (exact) mass is 522 g/mol. The summed E-state index contributed by atoms with van der Waals surface area (Å²) in [6.07, 6.45) is -1.25. The van der Waals surface area contributed by atoms with E-state index in [1.807, 2.05) is 0 Å². The molecule has 37 heavy (non-hydrogen) atoms. The van der Waals surface area contributed by atoms with Crippen molar-refractivity contribution < 1.29 is 44.1 Å². The van der Waals surface area contributed by atoms with E-state index in [9.17, 15) is 39.0 Å². The molecule has 0 aliphatic heterocycles. The number of aliphatic carboxylic acids is 3. The van der Waals surface area contributed by atoms with E-state index in [1.165, 1.54) is 0 Å². The lowest BCUT2D eigenvalue weighted by atomic mass is 9.98. The second kappa shape index (κ2) is 15.2. The van der Waals surface area contributed by atoms with Crippen molar-refractivity contribution in [1.29, 1.82) is 0 Å². The number of hydrogen-bond acceptors (Lipinski definition) is 7. The molecule has 0 saturated carbocycles. The molecule has 5 unspecified atom stereocenters. The largest absolute Gasteiger partial charge is 0.481 e. The zero-order chi connectivity index (χ0) is 28.1. The molecule has 0 aliphatic rings. The molecule has 0 aliphatic carbocycles. The average molecular weight is 523 g/mol. The summed E-state index contributed by atoms with van der Waals surface area (Å²) >= 11 is 0. The number of carboxylic acids is 3. The van der Waals surface area contributed by atoms with Gasteiger partial charge in [0.05, 0.1) is 12.5 Å². The molecule has 0 spiro atoms. The highest BCUT2D eigenvalue weighted by atomic mass is 16.4. The van der Waals surface area contributed by atoms with Crippen LogP contribution in [0.4, 0.5) is 0 Å². The molecular formula is C24H34N4O9.